The lowest BCUT2D eigenvalue weighted by molar-refractivity contribution is 0.0616. The fourth-order valence-corrected chi connectivity index (χ4v) is 2.04. The lowest BCUT2D eigenvalue weighted by atomic mass is 9.79. The van der Waals surface area contributed by atoms with Gasteiger partial charge < -0.3 is 11.1 Å². The zero-order valence-corrected chi connectivity index (χ0v) is 8.65. The zero-order chi connectivity index (χ0) is 9.90. The van der Waals surface area contributed by atoms with Crippen molar-refractivity contribution in [1.82, 2.24) is 5.32 Å². The molecular formula is C10H21FN2. The Labute approximate surface area is 80.1 Å². The first-order valence-corrected chi connectivity index (χ1v) is 5.26. The molecule has 0 saturated heterocycles. The van der Waals surface area contributed by atoms with Crippen LogP contribution in [-0.4, -0.2) is 24.3 Å². The average Bonchev–Trinajstić information content (AvgIpc) is 2.11. The molecule has 1 saturated carbocycles. The fourth-order valence-electron chi connectivity index (χ4n) is 2.04. The second-order valence-electron chi connectivity index (χ2n) is 4.15. The first-order chi connectivity index (χ1) is 6.08. The van der Waals surface area contributed by atoms with Crippen molar-refractivity contribution in [2.45, 2.75) is 57.3 Å². The van der Waals surface area contributed by atoms with E-state index in [1.165, 1.54) is 0 Å². The summed E-state index contributed by atoms with van der Waals surface area (Å²) >= 11 is 0. The smallest absolute Gasteiger partial charge is 0.126 e. The van der Waals surface area contributed by atoms with Crippen LogP contribution in [0.3, 0.4) is 0 Å². The van der Waals surface area contributed by atoms with E-state index in [9.17, 15) is 4.39 Å². The molecule has 0 spiro atoms. The standard InChI is InChI=1S/C10H21FN2/c1-3-13-8(2)10(11)6-4-9(12)5-7-10/h8-9,13H,3-7,12H2,1-2H3. The normalized spacial score (nSPS) is 37.4. The van der Waals surface area contributed by atoms with Crippen molar-refractivity contribution in [3.05, 3.63) is 0 Å². The average molecular weight is 188 g/mol. The van der Waals surface area contributed by atoms with Crippen molar-refractivity contribution in [2.75, 3.05) is 6.54 Å². The van der Waals surface area contributed by atoms with Gasteiger partial charge in [0.25, 0.3) is 0 Å². The molecule has 0 aromatic heterocycles. The highest BCUT2D eigenvalue weighted by Crippen LogP contribution is 2.34. The lowest BCUT2D eigenvalue weighted by Crippen LogP contribution is -2.49. The van der Waals surface area contributed by atoms with Crippen LogP contribution < -0.4 is 11.1 Å². The number of rotatable bonds is 3. The van der Waals surface area contributed by atoms with Crippen LogP contribution in [0.4, 0.5) is 4.39 Å². The Bertz CT molecular complexity index is 153. The summed E-state index contributed by atoms with van der Waals surface area (Å²) in [6, 6.07) is 0.183. The molecule has 0 bridgehead atoms. The van der Waals surface area contributed by atoms with E-state index in [2.05, 4.69) is 5.32 Å². The third-order valence-electron chi connectivity index (χ3n) is 3.15. The van der Waals surface area contributed by atoms with Crippen molar-refractivity contribution in [2.24, 2.45) is 5.73 Å². The molecule has 2 nitrogen and oxygen atoms in total. The first-order valence-electron chi connectivity index (χ1n) is 5.26. The highest BCUT2D eigenvalue weighted by atomic mass is 19.1. The van der Waals surface area contributed by atoms with Gasteiger partial charge in [0.15, 0.2) is 0 Å². The molecule has 78 valence electrons. The molecule has 0 heterocycles. The van der Waals surface area contributed by atoms with Crippen LogP contribution in [0.2, 0.25) is 0 Å². The fraction of sp³-hybridized carbons (Fsp3) is 1.00. The quantitative estimate of drug-likeness (QED) is 0.706. The van der Waals surface area contributed by atoms with Gasteiger partial charge in [-0.2, -0.15) is 0 Å². The molecule has 13 heavy (non-hydrogen) atoms. The highest BCUT2D eigenvalue weighted by Gasteiger charge is 2.38. The molecule has 0 aromatic carbocycles. The summed E-state index contributed by atoms with van der Waals surface area (Å²) in [5.41, 5.74) is 4.72. The van der Waals surface area contributed by atoms with Gasteiger partial charge in [0.1, 0.15) is 5.67 Å². The second kappa shape index (κ2) is 4.38. The Morgan fingerprint density at radius 1 is 1.54 bits per heavy atom. The Morgan fingerprint density at radius 2 is 2.08 bits per heavy atom. The van der Waals surface area contributed by atoms with Crippen molar-refractivity contribution in [1.29, 1.82) is 0 Å². The SMILES string of the molecule is CCNC(C)C1(F)CCC(N)CC1. The summed E-state index contributed by atoms with van der Waals surface area (Å²) in [4.78, 5) is 0. The van der Waals surface area contributed by atoms with Gasteiger partial charge in [0, 0.05) is 12.1 Å². The number of alkyl halides is 1. The van der Waals surface area contributed by atoms with E-state index in [1.54, 1.807) is 0 Å². The van der Waals surface area contributed by atoms with Crippen molar-refractivity contribution < 1.29 is 4.39 Å². The van der Waals surface area contributed by atoms with Gasteiger partial charge >= 0.3 is 0 Å². The lowest BCUT2D eigenvalue weighted by Gasteiger charge is -2.37. The number of nitrogens with two attached hydrogens (primary N) is 1. The molecule has 1 fully saturated rings. The molecule has 3 heteroatoms. The van der Waals surface area contributed by atoms with E-state index >= 15 is 0 Å². The first kappa shape index (κ1) is 10.9. The Balaban J connectivity index is 2.46. The van der Waals surface area contributed by atoms with Crippen molar-refractivity contribution >= 4 is 0 Å². The van der Waals surface area contributed by atoms with E-state index in [0.29, 0.717) is 12.8 Å². The number of hydrogen-bond donors (Lipinski definition) is 2. The molecule has 3 N–H and O–H groups in total. The third-order valence-corrected chi connectivity index (χ3v) is 3.15. The summed E-state index contributed by atoms with van der Waals surface area (Å²) in [6.07, 6.45) is 2.88. The molecule has 0 amide bonds. The van der Waals surface area contributed by atoms with Gasteiger partial charge in [-0.25, -0.2) is 4.39 Å². The maximum absolute atomic E-state index is 14.2. The second-order valence-corrected chi connectivity index (χ2v) is 4.15. The predicted octanol–water partition coefficient (Wildman–Crippen LogP) is 1.59. The molecule has 0 radical (unpaired) electrons. The van der Waals surface area contributed by atoms with Gasteiger partial charge in [-0.15, -0.1) is 0 Å². The maximum atomic E-state index is 14.2. The van der Waals surface area contributed by atoms with Crippen LogP contribution in [0.5, 0.6) is 0 Å². The summed E-state index contributed by atoms with van der Waals surface area (Å²) in [6.45, 7) is 4.77. The van der Waals surface area contributed by atoms with Crippen molar-refractivity contribution in [3.8, 4) is 0 Å². The Hall–Kier alpha value is -0.150. The van der Waals surface area contributed by atoms with Crippen LogP contribution in [-0.2, 0) is 0 Å². The molecule has 1 aliphatic carbocycles. The minimum Gasteiger partial charge on any atom is -0.328 e. The molecular weight excluding hydrogens is 167 g/mol. The Kier molecular flexibility index (Phi) is 3.68. The van der Waals surface area contributed by atoms with Gasteiger partial charge in [-0.05, 0) is 39.2 Å². The van der Waals surface area contributed by atoms with E-state index in [1.807, 2.05) is 13.8 Å². The Morgan fingerprint density at radius 3 is 2.54 bits per heavy atom. The molecule has 1 atom stereocenters. The van der Waals surface area contributed by atoms with E-state index < -0.39 is 5.67 Å². The summed E-state index contributed by atoms with van der Waals surface area (Å²) < 4.78 is 14.2. The molecule has 0 aliphatic heterocycles. The monoisotopic (exact) mass is 188 g/mol. The van der Waals surface area contributed by atoms with E-state index in [-0.39, 0.29) is 12.1 Å². The molecule has 0 aromatic rings. The number of halogens is 1. The number of hydrogen-bond acceptors (Lipinski definition) is 2. The van der Waals surface area contributed by atoms with Gasteiger partial charge in [0.2, 0.25) is 0 Å². The van der Waals surface area contributed by atoms with Crippen LogP contribution in [0.25, 0.3) is 0 Å². The highest BCUT2D eigenvalue weighted by molar-refractivity contribution is 4.94. The van der Waals surface area contributed by atoms with Gasteiger partial charge in [0.05, 0.1) is 0 Å². The van der Waals surface area contributed by atoms with Crippen LogP contribution in [0.15, 0.2) is 0 Å². The van der Waals surface area contributed by atoms with Crippen LogP contribution in [0.1, 0.15) is 39.5 Å². The predicted molar refractivity (Wildman–Crippen MR) is 53.4 cm³/mol. The number of nitrogens with one attached hydrogen (secondary N) is 1. The van der Waals surface area contributed by atoms with Crippen LogP contribution in [0, 0.1) is 0 Å². The molecule has 1 unspecified atom stereocenters. The summed E-state index contributed by atoms with van der Waals surface area (Å²) in [7, 11) is 0. The van der Waals surface area contributed by atoms with Gasteiger partial charge in [-0.1, -0.05) is 6.92 Å². The summed E-state index contributed by atoms with van der Waals surface area (Å²) in [5.74, 6) is 0. The van der Waals surface area contributed by atoms with Gasteiger partial charge in [-0.3, -0.25) is 0 Å². The topological polar surface area (TPSA) is 38.0 Å². The van der Waals surface area contributed by atoms with E-state index in [4.69, 9.17) is 5.73 Å². The molecule has 1 rings (SSSR count). The largest absolute Gasteiger partial charge is 0.328 e. The maximum Gasteiger partial charge on any atom is 0.126 e. The minimum atomic E-state index is -1.02. The zero-order valence-electron chi connectivity index (χ0n) is 8.65. The molecule has 1 aliphatic rings. The van der Waals surface area contributed by atoms with Crippen LogP contribution >= 0.6 is 0 Å². The van der Waals surface area contributed by atoms with E-state index in [0.717, 1.165) is 19.4 Å². The third kappa shape index (κ3) is 2.64. The van der Waals surface area contributed by atoms with Crippen molar-refractivity contribution in [3.63, 3.8) is 0 Å². The summed E-state index contributed by atoms with van der Waals surface area (Å²) in [5, 5.41) is 3.15. The minimum absolute atomic E-state index is 0.0370.